The molecular formula is C22H23N3O3. The Morgan fingerprint density at radius 2 is 1.89 bits per heavy atom. The fourth-order valence-electron chi connectivity index (χ4n) is 3.72. The molecule has 1 aromatic heterocycles. The summed E-state index contributed by atoms with van der Waals surface area (Å²) in [7, 11) is 0. The summed E-state index contributed by atoms with van der Waals surface area (Å²) in [5.41, 5.74) is 2.37. The van der Waals surface area contributed by atoms with Crippen molar-refractivity contribution >= 4 is 22.6 Å². The summed E-state index contributed by atoms with van der Waals surface area (Å²) in [6.07, 6.45) is 0. The van der Waals surface area contributed by atoms with Crippen LogP contribution in [0.3, 0.4) is 0 Å². The number of benzene rings is 2. The second-order valence-electron chi connectivity index (χ2n) is 7.00. The molecule has 144 valence electrons. The quantitative estimate of drug-likeness (QED) is 0.648. The molecule has 0 bridgehead atoms. The lowest BCUT2D eigenvalue weighted by atomic mass is 9.93. The molecule has 0 radical (unpaired) electrons. The van der Waals surface area contributed by atoms with Gasteiger partial charge < -0.3 is 14.4 Å². The minimum absolute atomic E-state index is 0.248. The number of carbonyl (C=O) groups is 1. The van der Waals surface area contributed by atoms with Crippen LogP contribution in [0.15, 0.2) is 54.6 Å². The number of anilines is 1. The Hall–Kier alpha value is -2.99. The number of hydrogen-bond donors (Lipinski definition) is 0. The van der Waals surface area contributed by atoms with Crippen LogP contribution in [0.4, 0.5) is 5.69 Å². The minimum atomic E-state index is -0.490. The predicted molar refractivity (Wildman–Crippen MR) is 107 cm³/mol. The Morgan fingerprint density at radius 1 is 1.14 bits per heavy atom. The molecule has 2 heterocycles. The van der Waals surface area contributed by atoms with Crippen LogP contribution in [0.25, 0.3) is 10.9 Å². The highest BCUT2D eigenvalue weighted by Crippen LogP contribution is 2.35. The molecule has 1 atom stereocenters. The number of aromatic nitrogens is 2. The average Bonchev–Trinajstić information content (AvgIpc) is 2.74. The van der Waals surface area contributed by atoms with Crippen molar-refractivity contribution in [2.24, 2.45) is 0 Å². The van der Waals surface area contributed by atoms with Crippen molar-refractivity contribution in [1.82, 2.24) is 10.2 Å². The summed E-state index contributed by atoms with van der Waals surface area (Å²) in [5, 5.41) is 9.33. The molecule has 0 spiro atoms. The first-order valence-corrected chi connectivity index (χ1v) is 9.49. The van der Waals surface area contributed by atoms with E-state index in [2.05, 4.69) is 34.2 Å². The summed E-state index contributed by atoms with van der Waals surface area (Å²) in [6.45, 7) is 5.95. The second kappa shape index (κ2) is 7.56. The van der Waals surface area contributed by atoms with Crippen LogP contribution in [-0.2, 0) is 15.1 Å². The van der Waals surface area contributed by atoms with E-state index in [0.29, 0.717) is 19.7 Å². The van der Waals surface area contributed by atoms with Crippen molar-refractivity contribution < 1.29 is 14.3 Å². The summed E-state index contributed by atoms with van der Waals surface area (Å²) < 4.78 is 11.4. The van der Waals surface area contributed by atoms with Crippen molar-refractivity contribution in [3.8, 4) is 0 Å². The van der Waals surface area contributed by atoms with Gasteiger partial charge in [-0.1, -0.05) is 48.5 Å². The maximum Gasteiger partial charge on any atom is 0.361 e. The highest BCUT2D eigenvalue weighted by Gasteiger charge is 2.36. The molecule has 3 aromatic rings. The van der Waals surface area contributed by atoms with Crippen LogP contribution in [0.1, 0.15) is 29.9 Å². The third-order valence-electron chi connectivity index (χ3n) is 5.09. The Balaban J connectivity index is 1.81. The molecule has 1 saturated heterocycles. The van der Waals surface area contributed by atoms with Gasteiger partial charge in [0.25, 0.3) is 0 Å². The maximum atomic E-state index is 12.6. The van der Waals surface area contributed by atoms with Gasteiger partial charge in [-0.05, 0) is 25.5 Å². The number of rotatable bonds is 4. The Labute approximate surface area is 164 Å². The Morgan fingerprint density at radius 3 is 2.68 bits per heavy atom. The summed E-state index contributed by atoms with van der Waals surface area (Å²) >= 11 is 0. The molecule has 0 saturated carbocycles. The molecule has 1 unspecified atom stereocenters. The van der Waals surface area contributed by atoms with Gasteiger partial charge in [-0.25, -0.2) is 4.79 Å². The normalized spacial score (nSPS) is 19.6. The van der Waals surface area contributed by atoms with Crippen molar-refractivity contribution in [3.05, 3.63) is 65.9 Å². The number of morpholine rings is 1. The van der Waals surface area contributed by atoms with Crippen LogP contribution in [0.5, 0.6) is 0 Å². The van der Waals surface area contributed by atoms with E-state index in [1.165, 1.54) is 0 Å². The lowest BCUT2D eigenvalue weighted by molar-refractivity contribution is -0.0466. The summed E-state index contributed by atoms with van der Waals surface area (Å²) in [4.78, 5) is 14.8. The second-order valence-corrected chi connectivity index (χ2v) is 7.00. The van der Waals surface area contributed by atoms with Crippen molar-refractivity contribution in [1.29, 1.82) is 0 Å². The smallest absolute Gasteiger partial charge is 0.361 e. The molecule has 1 fully saturated rings. The predicted octanol–water partition coefficient (Wildman–Crippen LogP) is 3.56. The van der Waals surface area contributed by atoms with E-state index in [0.717, 1.165) is 22.2 Å². The van der Waals surface area contributed by atoms with Crippen LogP contribution >= 0.6 is 0 Å². The average molecular weight is 377 g/mol. The van der Waals surface area contributed by atoms with E-state index >= 15 is 0 Å². The zero-order valence-corrected chi connectivity index (χ0v) is 16.1. The molecule has 0 aliphatic carbocycles. The Bertz CT molecular complexity index is 993. The van der Waals surface area contributed by atoms with Crippen LogP contribution in [0, 0.1) is 0 Å². The van der Waals surface area contributed by atoms with E-state index in [-0.39, 0.29) is 12.3 Å². The SMILES string of the molecule is CCOC(=O)c1nnc2ccccc2c1N1CCOC(C)(c2ccccc2)C1. The molecule has 1 aliphatic heterocycles. The van der Waals surface area contributed by atoms with Gasteiger partial charge in [0.1, 0.15) is 5.60 Å². The molecule has 0 N–H and O–H groups in total. The zero-order chi connectivity index (χ0) is 19.6. The molecule has 6 nitrogen and oxygen atoms in total. The highest BCUT2D eigenvalue weighted by atomic mass is 16.5. The van der Waals surface area contributed by atoms with Crippen LogP contribution < -0.4 is 4.90 Å². The van der Waals surface area contributed by atoms with Crippen molar-refractivity contribution in [3.63, 3.8) is 0 Å². The number of carbonyl (C=O) groups excluding carboxylic acids is 1. The largest absolute Gasteiger partial charge is 0.461 e. The topological polar surface area (TPSA) is 64.5 Å². The van der Waals surface area contributed by atoms with E-state index in [1.54, 1.807) is 6.92 Å². The van der Waals surface area contributed by atoms with E-state index in [9.17, 15) is 4.79 Å². The molecule has 4 rings (SSSR count). The van der Waals surface area contributed by atoms with Gasteiger partial charge in [0.05, 0.1) is 31.0 Å². The highest BCUT2D eigenvalue weighted by molar-refractivity contribution is 6.03. The number of nitrogens with zero attached hydrogens (tertiary/aromatic N) is 3. The summed E-state index contributed by atoms with van der Waals surface area (Å²) in [5.74, 6) is -0.455. The van der Waals surface area contributed by atoms with E-state index in [1.807, 2.05) is 42.5 Å². The molecule has 0 amide bonds. The number of hydrogen-bond acceptors (Lipinski definition) is 6. The summed E-state index contributed by atoms with van der Waals surface area (Å²) in [6, 6.07) is 17.9. The standard InChI is InChI=1S/C22H23N3O3/c1-3-27-21(26)19-20(17-11-7-8-12-18(17)23-24-19)25-13-14-28-22(2,15-25)16-9-5-4-6-10-16/h4-12H,3,13-15H2,1-2H3. The lowest BCUT2D eigenvalue weighted by Crippen LogP contribution is -2.49. The van der Waals surface area contributed by atoms with E-state index < -0.39 is 11.6 Å². The van der Waals surface area contributed by atoms with Crippen molar-refractivity contribution in [2.75, 3.05) is 31.2 Å². The van der Waals surface area contributed by atoms with Gasteiger partial charge in [0.15, 0.2) is 5.69 Å². The zero-order valence-electron chi connectivity index (χ0n) is 16.1. The number of fused-ring (bicyclic) bond motifs is 1. The maximum absolute atomic E-state index is 12.6. The third kappa shape index (κ3) is 3.31. The van der Waals surface area contributed by atoms with Gasteiger partial charge in [-0.15, -0.1) is 10.2 Å². The van der Waals surface area contributed by atoms with Gasteiger partial charge in [-0.3, -0.25) is 0 Å². The van der Waals surface area contributed by atoms with Gasteiger partial charge >= 0.3 is 5.97 Å². The molecular weight excluding hydrogens is 354 g/mol. The first kappa shape index (κ1) is 18.4. The van der Waals surface area contributed by atoms with Crippen LogP contribution in [-0.4, -0.2) is 42.5 Å². The van der Waals surface area contributed by atoms with Crippen molar-refractivity contribution in [2.45, 2.75) is 19.4 Å². The lowest BCUT2D eigenvalue weighted by Gasteiger charge is -2.42. The fourth-order valence-corrected chi connectivity index (χ4v) is 3.72. The van der Waals surface area contributed by atoms with E-state index in [4.69, 9.17) is 9.47 Å². The molecule has 28 heavy (non-hydrogen) atoms. The molecule has 2 aromatic carbocycles. The van der Waals surface area contributed by atoms with Gasteiger partial charge in [-0.2, -0.15) is 0 Å². The van der Waals surface area contributed by atoms with Gasteiger partial charge in [0, 0.05) is 11.9 Å². The minimum Gasteiger partial charge on any atom is -0.461 e. The first-order chi connectivity index (χ1) is 13.6. The molecule has 6 heteroatoms. The number of esters is 1. The number of ether oxygens (including phenoxy) is 2. The fraction of sp³-hybridized carbons (Fsp3) is 0.318. The van der Waals surface area contributed by atoms with Gasteiger partial charge in [0.2, 0.25) is 0 Å². The third-order valence-corrected chi connectivity index (χ3v) is 5.09. The first-order valence-electron chi connectivity index (χ1n) is 9.49. The Kier molecular flexibility index (Phi) is 4.96. The molecule has 1 aliphatic rings. The van der Waals surface area contributed by atoms with Crippen LogP contribution in [0.2, 0.25) is 0 Å². The monoisotopic (exact) mass is 377 g/mol.